The molecule has 8 rings (SSSR count). The van der Waals surface area contributed by atoms with E-state index in [0.717, 1.165) is 77.6 Å². The summed E-state index contributed by atoms with van der Waals surface area (Å²) in [6.45, 7) is 8.79. The van der Waals surface area contributed by atoms with Crippen molar-refractivity contribution in [1.82, 2.24) is 25.5 Å². The average molecular weight is 691 g/mol. The van der Waals surface area contributed by atoms with Gasteiger partial charge >= 0.3 is 6.09 Å². The van der Waals surface area contributed by atoms with E-state index in [-0.39, 0.29) is 17.9 Å². The first-order valence-electron chi connectivity index (χ1n) is 18.1. The fourth-order valence-electron chi connectivity index (χ4n) is 8.40. The SMILES string of the molecule is COC[C@@H]1CN[C@H](C2=Nc3ccc4cc5c(cc4c3C2)OCc2cc(-c3cnc([C@@H]4C[C@H](C)CN4C(=O)[C@@H](NC(=O)OC)C(C)C)[nH]3)ccc2-5)C1. The van der Waals surface area contributed by atoms with Gasteiger partial charge in [-0.05, 0) is 87.9 Å². The maximum atomic E-state index is 13.7. The topological polar surface area (TPSA) is 130 Å². The van der Waals surface area contributed by atoms with Crippen molar-refractivity contribution in [3.8, 4) is 28.1 Å². The van der Waals surface area contributed by atoms with Gasteiger partial charge in [-0.25, -0.2) is 9.78 Å². The lowest BCUT2D eigenvalue weighted by atomic mass is 9.90. The Morgan fingerprint density at radius 3 is 2.76 bits per heavy atom. The van der Waals surface area contributed by atoms with Crippen LogP contribution in [-0.2, 0) is 27.3 Å². The maximum Gasteiger partial charge on any atom is 0.407 e. The number of likely N-dealkylation sites (tertiary alicyclic amines) is 1. The molecular formula is C40H46N6O5. The van der Waals surface area contributed by atoms with Gasteiger partial charge in [-0.1, -0.05) is 39.0 Å². The Bertz CT molecular complexity index is 2040. The summed E-state index contributed by atoms with van der Waals surface area (Å²) in [4.78, 5) is 41.0. The van der Waals surface area contributed by atoms with Gasteiger partial charge in [0, 0.05) is 43.9 Å². The van der Waals surface area contributed by atoms with E-state index < -0.39 is 12.1 Å². The molecule has 0 bridgehead atoms. The van der Waals surface area contributed by atoms with E-state index in [0.29, 0.717) is 31.0 Å². The van der Waals surface area contributed by atoms with E-state index in [1.807, 2.05) is 24.9 Å². The monoisotopic (exact) mass is 690 g/mol. The van der Waals surface area contributed by atoms with E-state index in [9.17, 15) is 9.59 Å². The van der Waals surface area contributed by atoms with E-state index in [1.54, 1.807) is 7.11 Å². The fraction of sp³-hybridized carbons (Fsp3) is 0.450. The molecule has 0 aliphatic carbocycles. The molecule has 11 heteroatoms. The Balaban J connectivity index is 1.02. The van der Waals surface area contributed by atoms with Gasteiger partial charge < -0.3 is 34.7 Å². The number of carbonyl (C=O) groups is 2. The molecular weight excluding hydrogens is 644 g/mol. The van der Waals surface area contributed by atoms with Crippen molar-refractivity contribution < 1.29 is 23.8 Å². The molecule has 3 N–H and O–H groups in total. The van der Waals surface area contributed by atoms with Gasteiger partial charge in [0.15, 0.2) is 0 Å². The quantitative estimate of drug-likeness (QED) is 0.197. The van der Waals surface area contributed by atoms with Gasteiger partial charge in [0.1, 0.15) is 24.2 Å². The second kappa shape index (κ2) is 13.4. The van der Waals surface area contributed by atoms with E-state index in [4.69, 9.17) is 24.2 Å². The number of alkyl carbamates (subject to hydrolysis) is 1. The number of aromatic amines is 1. The number of hydrogen-bond donors (Lipinski definition) is 3. The third-order valence-corrected chi connectivity index (χ3v) is 11.0. The van der Waals surface area contributed by atoms with Crippen LogP contribution < -0.4 is 15.4 Å². The number of aliphatic imine (C=N–C) groups is 1. The molecule has 11 nitrogen and oxygen atoms in total. The van der Waals surface area contributed by atoms with Gasteiger partial charge in [0.05, 0.1) is 37.3 Å². The number of benzene rings is 3. The summed E-state index contributed by atoms with van der Waals surface area (Å²) >= 11 is 0. The average Bonchev–Trinajstić information content (AvgIpc) is 3.95. The summed E-state index contributed by atoms with van der Waals surface area (Å²) < 4.78 is 16.6. The van der Waals surface area contributed by atoms with Crippen molar-refractivity contribution in [2.24, 2.45) is 22.7 Å². The molecule has 5 atom stereocenters. The zero-order valence-corrected chi connectivity index (χ0v) is 29.9. The second-order valence-corrected chi connectivity index (χ2v) is 15.0. The molecule has 3 aromatic carbocycles. The molecule has 1 aromatic heterocycles. The molecule has 2 saturated heterocycles. The first-order valence-corrected chi connectivity index (χ1v) is 18.1. The first kappa shape index (κ1) is 33.4. The molecule has 2 fully saturated rings. The third kappa shape index (κ3) is 6.16. The lowest BCUT2D eigenvalue weighted by molar-refractivity contribution is -0.135. The third-order valence-electron chi connectivity index (χ3n) is 11.0. The van der Waals surface area contributed by atoms with Crippen LogP contribution in [0.25, 0.3) is 33.2 Å². The number of amides is 2. The lowest BCUT2D eigenvalue weighted by Gasteiger charge is -2.30. The van der Waals surface area contributed by atoms with Crippen LogP contribution in [0.15, 0.2) is 53.7 Å². The molecule has 4 aromatic rings. The predicted octanol–water partition coefficient (Wildman–Crippen LogP) is 6.33. The summed E-state index contributed by atoms with van der Waals surface area (Å²) in [5, 5.41) is 8.78. The normalized spacial score (nSPS) is 22.7. The smallest absolute Gasteiger partial charge is 0.407 e. The number of aromatic nitrogens is 2. The largest absolute Gasteiger partial charge is 0.488 e. The number of nitrogens with one attached hydrogen (secondary N) is 3. The number of imidazole rings is 1. The molecule has 266 valence electrons. The van der Waals surface area contributed by atoms with Crippen molar-refractivity contribution in [3.63, 3.8) is 0 Å². The molecule has 51 heavy (non-hydrogen) atoms. The standard InChI is InChI=1S/C40H46N6O5/c1-21(2)37(45-40(48)50-5)39(47)46-18-22(3)10-35(46)38-42-17-34(44-38)25-6-8-27-26(12-25)20-51-36-15-28-24(13-30(27)36)7-9-31-29(28)14-33(43-31)32-11-23(16-41-32)19-49-4/h6-9,12-13,15,17,21-23,32,35,37,41H,10-11,14,16,18-20H2,1-5H3,(H,42,44)(H,45,48)/t22-,23-,32-,35-,37-/m0/s1. The summed E-state index contributed by atoms with van der Waals surface area (Å²) in [6.07, 6.45) is 3.93. The Hall–Kier alpha value is -4.74. The molecule has 0 saturated carbocycles. The number of hydrogen-bond acceptors (Lipinski definition) is 8. The summed E-state index contributed by atoms with van der Waals surface area (Å²) in [5.74, 6) is 2.24. The number of rotatable bonds is 8. The minimum atomic E-state index is -0.685. The lowest BCUT2D eigenvalue weighted by Crippen LogP contribution is -2.51. The summed E-state index contributed by atoms with van der Waals surface area (Å²) in [6, 6.07) is 14.7. The molecule has 4 aliphatic heterocycles. The Morgan fingerprint density at radius 1 is 1.10 bits per heavy atom. The molecule has 4 aliphatic rings. The van der Waals surface area contributed by atoms with Crippen LogP contribution in [0.3, 0.4) is 0 Å². The highest BCUT2D eigenvalue weighted by Crippen LogP contribution is 2.45. The Morgan fingerprint density at radius 2 is 1.96 bits per heavy atom. The zero-order valence-electron chi connectivity index (χ0n) is 29.9. The van der Waals surface area contributed by atoms with Gasteiger partial charge in [0.25, 0.3) is 0 Å². The van der Waals surface area contributed by atoms with Crippen LogP contribution >= 0.6 is 0 Å². The van der Waals surface area contributed by atoms with Gasteiger partial charge in [-0.15, -0.1) is 0 Å². The molecule has 2 amide bonds. The molecule has 0 unspecified atom stereocenters. The minimum Gasteiger partial charge on any atom is -0.488 e. The van der Waals surface area contributed by atoms with Crippen LogP contribution in [0.5, 0.6) is 5.75 Å². The highest BCUT2D eigenvalue weighted by molar-refractivity contribution is 6.05. The minimum absolute atomic E-state index is 0.0993. The Kier molecular flexibility index (Phi) is 8.80. The van der Waals surface area contributed by atoms with Gasteiger partial charge in [0.2, 0.25) is 5.91 Å². The zero-order chi connectivity index (χ0) is 35.4. The van der Waals surface area contributed by atoms with Crippen molar-refractivity contribution in [2.45, 2.75) is 64.8 Å². The van der Waals surface area contributed by atoms with E-state index in [1.165, 1.54) is 29.2 Å². The highest BCUT2D eigenvalue weighted by Gasteiger charge is 2.40. The molecule has 0 radical (unpaired) electrons. The number of methoxy groups -OCH3 is 2. The van der Waals surface area contributed by atoms with Crippen molar-refractivity contribution in [1.29, 1.82) is 0 Å². The van der Waals surface area contributed by atoms with Gasteiger partial charge in [-0.2, -0.15) is 0 Å². The van der Waals surface area contributed by atoms with Crippen LogP contribution in [-0.4, -0.2) is 78.6 Å². The fourth-order valence-corrected chi connectivity index (χ4v) is 8.40. The van der Waals surface area contributed by atoms with Crippen molar-refractivity contribution in [3.05, 3.63) is 65.6 Å². The summed E-state index contributed by atoms with van der Waals surface area (Å²) in [7, 11) is 3.07. The van der Waals surface area contributed by atoms with Crippen LogP contribution in [0.1, 0.15) is 56.6 Å². The number of ether oxygens (including phenoxy) is 3. The summed E-state index contributed by atoms with van der Waals surface area (Å²) in [5.41, 5.74) is 8.81. The van der Waals surface area contributed by atoms with Crippen LogP contribution in [0, 0.1) is 17.8 Å². The number of H-pyrrole nitrogens is 1. The van der Waals surface area contributed by atoms with Crippen LogP contribution in [0.4, 0.5) is 10.5 Å². The second-order valence-electron chi connectivity index (χ2n) is 15.0. The molecule has 5 heterocycles. The van der Waals surface area contributed by atoms with Crippen molar-refractivity contribution >= 4 is 34.2 Å². The van der Waals surface area contributed by atoms with Crippen molar-refractivity contribution in [2.75, 3.05) is 33.9 Å². The van der Waals surface area contributed by atoms with Crippen LogP contribution in [0.2, 0.25) is 0 Å². The number of fused-ring (bicyclic) bond motifs is 6. The van der Waals surface area contributed by atoms with E-state index in [2.05, 4.69) is 65.0 Å². The number of carbonyl (C=O) groups excluding carboxylic acids is 2. The predicted molar refractivity (Wildman–Crippen MR) is 196 cm³/mol. The molecule has 0 spiro atoms. The maximum absolute atomic E-state index is 13.7. The number of nitrogens with zero attached hydrogens (tertiary/aromatic N) is 3. The van der Waals surface area contributed by atoms with Gasteiger partial charge in [-0.3, -0.25) is 9.79 Å². The Labute approximate surface area is 298 Å². The highest BCUT2D eigenvalue weighted by atomic mass is 16.5. The first-order chi connectivity index (χ1) is 24.7. The van der Waals surface area contributed by atoms with E-state index >= 15 is 0 Å².